The van der Waals surface area contributed by atoms with Crippen molar-refractivity contribution in [2.45, 2.75) is 33.2 Å². The Morgan fingerprint density at radius 3 is 2.74 bits per heavy atom. The molecule has 1 N–H and O–H groups in total. The van der Waals surface area contributed by atoms with Crippen molar-refractivity contribution in [2.24, 2.45) is 0 Å². The molecule has 100 valence electrons. The normalized spacial score (nSPS) is 12.2. The quantitative estimate of drug-likeness (QED) is 0.927. The fourth-order valence-corrected chi connectivity index (χ4v) is 3.06. The van der Waals surface area contributed by atoms with Crippen molar-refractivity contribution >= 4 is 17.2 Å². The number of pyridine rings is 1. The van der Waals surface area contributed by atoms with Gasteiger partial charge in [0.25, 0.3) is 5.91 Å². The first kappa shape index (κ1) is 13.7. The van der Waals surface area contributed by atoms with E-state index in [1.165, 1.54) is 4.88 Å². The van der Waals surface area contributed by atoms with Gasteiger partial charge >= 0.3 is 0 Å². The molecule has 0 saturated heterocycles. The lowest BCUT2D eigenvalue weighted by molar-refractivity contribution is 0.0939. The van der Waals surface area contributed by atoms with Crippen LogP contribution in [-0.2, 0) is 6.42 Å². The first-order chi connectivity index (χ1) is 9.13. The predicted molar refractivity (Wildman–Crippen MR) is 78.6 cm³/mol. The van der Waals surface area contributed by atoms with E-state index in [0.29, 0.717) is 0 Å². The fraction of sp³-hybridized carbons (Fsp3) is 0.333. The number of thiophene rings is 1. The molecule has 0 aliphatic rings. The lowest BCUT2D eigenvalue weighted by Gasteiger charge is -2.14. The molecule has 0 fully saturated rings. The lowest BCUT2D eigenvalue weighted by Crippen LogP contribution is -2.27. The number of aromatic nitrogens is 1. The highest BCUT2D eigenvalue weighted by Gasteiger charge is 2.16. The van der Waals surface area contributed by atoms with Gasteiger partial charge in [-0.15, -0.1) is 11.3 Å². The summed E-state index contributed by atoms with van der Waals surface area (Å²) in [5.74, 6) is 0.00510. The van der Waals surface area contributed by atoms with Crippen LogP contribution in [0.15, 0.2) is 29.9 Å². The molecule has 0 aromatic carbocycles. The second-order valence-corrected chi connectivity index (χ2v) is 5.60. The Bertz CT molecular complexity index is 563. The van der Waals surface area contributed by atoms with E-state index < -0.39 is 0 Å². The maximum Gasteiger partial charge on any atom is 0.252 e. The Kier molecular flexibility index (Phi) is 4.32. The number of carbonyl (C=O) groups is 1. The molecular formula is C15H18N2OS. The van der Waals surface area contributed by atoms with Gasteiger partial charge in [-0.1, -0.05) is 6.92 Å². The van der Waals surface area contributed by atoms with Crippen LogP contribution in [0.2, 0.25) is 0 Å². The number of hydrogen-bond donors (Lipinski definition) is 1. The minimum atomic E-state index is -0.0135. The molecule has 0 saturated carbocycles. The predicted octanol–water partition coefficient (Wildman–Crippen LogP) is 3.50. The summed E-state index contributed by atoms with van der Waals surface area (Å²) >= 11 is 1.64. The van der Waals surface area contributed by atoms with E-state index in [4.69, 9.17) is 0 Å². The van der Waals surface area contributed by atoms with Crippen LogP contribution in [0.4, 0.5) is 0 Å². The Morgan fingerprint density at radius 2 is 2.11 bits per heavy atom. The molecular weight excluding hydrogens is 256 g/mol. The van der Waals surface area contributed by atoms with Crippen molar-refractivity contribution in [1.29, 1.82) is 0 Å². The highest BCUT2D eigenvalue weighted by molar-refractivity contribution is 7.10. The van der Waals surface area contributed by atoms with Gasteiger partial charge in [0.05, 0.1) is 11.6 Å². The summed E-state index contributed by atoms with van der Waals surface area (Å²) in [5.41, 5.74) is 3.03. The molecule has 2 rings (SSSR count). The smallest absolute Gasteiger partial charge is 0.252 e. The van der Waals surface area contributed by atoms with Gasteiger partial charge in [-0.25, -0.2) is 0 Å². The Balaban J connectivity index is 2.13. The highest BCUT2D eigenvalue weighted by atomic mass is 32.1. The molecule has 2 aromatic heterocycles. The molecule has 0 radical (unpaired) electrons. The zero-order valence-corrected chi connectivity index (χ0v) is 12.3. The average molecular weight is 274 g/mol. The number of nitrogens with zero attached hydrogens (tertiary/aromatic N) is 1. The number of hydrogen-bond acceptors (Lipinski definition) is 3. The largest absolute Gasteiger partial charge is 0.345 e. The molecule has 0 unspecified atom stereocenters. The summed E-state index contributed by atoms with van der Waals surface area (Å²) in [5, 5.41) is 4.99. The van der Waals surface area contributed by atoms with Crippen molar-refractivity contribution in [3.8, 4) is 0 Å². The Morgan fingerprint density at radius 1 is 1.42 bits per heavy atom. The zero-order valence-electron chi connectivity index (χ0n) is 11.4. The van der Waals surface area contributed by atoms with Crippen LogP contribution in [0, 0.1) is 6.92 Å². The fourth-order valence-electron chi connectivity index (χ4n) is 2.12. The number of nitrogens with one attached hydrogen (secondary N) is 1. The van der Waals surface area contributed by atoms with Gasteiger partial charge in [0.15, 0.2) is 0 Å². The first-order valence-corrected chi connectivity index (χ1v) is 7.29. The summed E-state index contributed by atoms with van der Waals surface area (Å²) in [6.07, 6.45) is 4.37. The monoisotopic (exact) mass is 274 g/mol. The summed E-state index contributed by atoms with van der Waals surface area (Å²) in [6, 6.07) is 3.83. The molecule has 0 bridgehead atoms. The summed E-state index contributed by atoms with van der Waals surface area (Å²) in [4.78, 5) is 17.5. The third-order valence-electron chi connectivity index (χ3n) is 3.26. The van der Waals surface area contributed by atoms with E-state index in [1.54, 1.807) is 23.7 Å². The van der Waals surface area contributed by atoms with Crippen LogP contribution in [-0.4, -0.2) is 10.9 Å². The van der Waals surface area contributed by atoms with E-state index in [0.717, 1.165) is 23.1 Å². The van der Waals surface area contributed by atoms with Crippen LogP contribution in [0.5, 0.6) is 0 Å². The molecule has 1 amide bonds. The average Bonchev–Trinajstić information content (AvgIpc) is 2.80. The number of rotatable bonds is 4. The molecule has 0 aliphatic heterocycles. The molecule has 19 heavy (non-hydrogen) atoms. The van der Waals surface area contributed by atoms with Crippen LogP contribution in [0.3, 0.4) is 0 Å². The van der Waals surface area contributed by atoms with Gasteiger partial charge < -0.3 is 5.32 Å². The minimum Gasteiger partial charge on any atom is -0.345 e. The van der Waals surface area contributed by atoms with E-state index in [9.17, 15) is 4.79 Å². The molecule has 0 spiro atoms. The van der Waals surface area contributed by atoms with Gasteiger partial charge in [0, 0.05) is 22.7 Å². The first-order valence-electron chi connectivity index (χ1n) is 6.41. The van der Waals surface area contributed by atoms with E-state index in [1.807, 2.05) is 24.4 Å². The third kappa shape index (κ3) is 3.01. The van der Waals surface area contributed by atoms with Gasteiger partial charge in [-0.2, -0.15) is 0 Å². The molecule has 2 heterocycles. The maximum atomic E-state index is 12.3. The summed E-state index contributed by atoms with van der Waals surface area (Å²) < 4.78 is 0. The second kappa shape index (κ2) is 5.97. The number of aryl methyl sites for hydroxylation is 1. The van der Waals surface area contributed by atoms with Crippen molar-refractivity contribution in [3.05, 3.63) is 51.5 Å². The van der Waals surface area contributed by atoms with Crippen molar-refractivity contribution in [2.75, 3.05) is 0 Å². The van der Waals surface area contributed by atoms with Gasteiger partial charge in [-0.3, -0.25) is 9.78 Å². The maximum absolute atomic E-state index is 12.3. The zero-order chi connectivity index (χ0) is 13.8. The molecule has 1 atom stereocenters. The molecule has 0 aliphatic carbocycles. The SMILES string of the molecule is CCc1c(C(=O)N[C@@H](C)c2ccncc2)csc1C. The number of amides is 1. The van der Waals surface area contributed by atoms with E-state index >= 15 is 0 Å². The Hall–Kier alpha value is -1.68. The highest BCUT2D eigenvalue weighted by Crippen LogP contribution is 2.23. The van der Waals surface area contributed by atoms with E-state index in [2.05, 4.69) is 24.1 Å². The Labute approximate surface area is 117 Å². The number of carbonyl (C=O) groups excluding carboxylic acids is 1. The molecule has 4 heteroatoms. The third-order valence-corrected chi connectivity index (χ3v) is 4.21. The topological polar surface area (TPSA) is 42.0 Å². The summed E-state index contributed by atoms with van der Waals surface area (Å²) in [7, 11) is 0. The summed E-state index contributed by atoms with van der Waals surface area (Å²) in [6.45, 7) is 6.13. The van der Waals surface area contributed by atoms with Crippen molar-refractivity contribution in [3.63, 3.8) is 0 Å². The minimum absolute atomic E-state index is 0.00510. The van der Waals surface area contributed by atoms with Gasteiger partial charge in [-0.05, 0) is 43.5 Å². The van der Waals surface area contributed by atoms with Crippen LogP contribution < -0.4 is 5.32 Å². The van der Waals surface area contributed by atoms with E-state index in [-0.39, 0.29) is 11.9 Å². The molecule has 2 aromatic rings. The van der Waals surface area contributed by atoms with Crippen molar-refractivity contribution in [1.82, 2.24) is 10.3 Å². The standard InChI is InChI=1S/C15H18N2OS/c1-4-13-11(3)19-9-14(13)15(18)17-10(2)12-5-7-16-8-6-12/h5-10H,4H2,1-3H3,(H,17,18)/t10-/m0/s1. The van der Waals surface area contributed by atoms with Crippen LogP contribution in [0.1, 0.15) is 46.3 Å². The van der Waals surface area contributed by atoms with Gasteiger partial charge in [0.1, 0.15) is 0 Å². The van der Waals surface area contributed by atoms with Crippen molar-refractivity contribution < 1.29 is 4.79 Å². The van der Waals surface area contributed by atoms with Gasteiger partial charge in [0.2, 0.25) is 0 Å². The van der Waals surface area contributed by atoms with Crippen LogP contribution >= 0.6 is 11.3 Å². The second-order valence-electron chi connectivity index (χ2n) is 4.51. The lowest BCUT2D eigenvalue weighted by atomic mass is 10.1. The molecule has 3 nitrogen and oxygen atoms in total. The van der Waals surface area contributed by atoms with Crippen LogP contribution in [0.25, 0.3) is 0 Å².